The van der Waals surface area contributed by atoms with E-state index in [2.05, 4.69) is 31.9 Å². The van der Waals surface area contributed by atoms with E-state index in [0.717, 1.165) is 0 Å². The van der Waals surface area contributed by atoms with Gasteiger partial charge in [-0.3, -0.25) is 10.1 Å². The van der Waals surface area contributed by atoms with E-state index < -0.39 is 4.92 Å². The first-order valence-corrected chi connectivity index (χ1v) is 6.53. The van der Waals surface area contributed by atoms with E-state index in [-0.39, 0.29) is 5.70 Å². The van der Waals surface area contributed by atoms with Crippen LogP contribution < -0.4 is 0 Å². The second-order valence-electron chi connectivity index (χ2n) is 3.42. The first-order chi connectivity index (χ1) is 8.58. The van der Waals surface area contributed by atoms with Gasteiger partial charge in [-0.1, -0.05) is 18.2 Å². The van der Waals surface area contributed by atoms with Crippen molar-refractivity contribution in [3.05, 3.63) is 67.0 Å². The molecule has 0 amide bonds. The third-order valence-electron chi connectivity index (χ3n) is 2.21. The molecule has 0 unspecified atom stereocenters. The van der Waals surface area contributed by atoms with Crippen molar-refractivity contribution in [2.24, 2.45) is 0 Å². The fourth-order valence-corrected chi connectivity index (χ4v) is 2.03. The predicted octanol–water partition coefficient (Wildman–Crippen LogP) is 4.58. The molecule has 1 heterocycles. The highest BCUT2D eigenvalue weighted by molar-refractivity contribution is 9.13. The molecule has 18 heavy (non-hydrogen) atoms. The maximum atomic E-state index is 11.1. The van der Waals surface area contributed by atoms with Crippen LogP contribution in [0.25, 0.3) is 11.8 Å². The lowest BCUT2D eigenvalue weighted by molar-refractivity contribution is -0.374. The van der Waals surface area contributed by atoms with E-state index in [1.807, 2.05) is 0 Å². The number of rotatable bonds is 3. The van der Waals surface area contributed by atoms with Gasteiger partial charge in [0.2, 0.25) is 0 Å². The summed E-state index contributed by atoms with van der Waals surface area (Å²) in [7, 11) is 0. The maximum Gasteiger partial charge on any atom is 0.280 e. The van der Waals surface area contributed by atoms with Crippen LogP contribution in [-0.2, 0) is 0 Å². The van der Waals surface area contributed by atoms with Gasteiger partial charge in [0, 0.05) is 0 Å². The minimum Gasteiger partial charge on any atom is -0.449 e. The van der Waals surface area contributed by atoms with Gasteiger partial charge in [-0.2, -0.15) is 0 Å². The van der Waals surface area contributed by atoms with Gasteiger partial charge in [0.05, 0.1) is 21.0 Å². The van der Waals surface area contributed by atoms with E-state index in [9.17, 15) is 10.1 Å². The summed E-state index contributed by atoms with van der Waals surface area (Å²) >= 11 is 6.45. The quantitative estimate of drug-likeness (QED) is 0.585. The summed E-state index contributed by atoms with van der Waals surface area (Å²) in [5.41, 5.74) is 0.524. The van der Waals surface area contributed by atoms with Crippen molar-refractivity contribution >= 4 is 43.6 Å². The number of halogens is 2. The van der Waals surface area contributed by atoms with Crippen LogP contribution in [0.2, 0.25) is 0 Å². The van der Waals surface area contributed by atoms with Crippen LogP contribution in [0.3, 0.4) is 0 Å². The van der Waals surface area contributed by atoms with Gasteiger partial charge in [-0.15, -0.1) is 0 Å². The number of nitro groups is 1. The molecule has 0 aliphatic carbocycles. The molecule has 0 spiro atoms. The van der Waals surface area contributed by atoms with Crippen LogP contribution in [0.15, 0.2) is 50.0 Å². The van der Waals surface area contributed by atoms with Crippen LogP contribution in [0.1, 0.15) is 11.3 Å². The summed E-state index contributed by atoms with van der Waals surface area (Å²) in [6, 6.07) is 10.3. The van der Waals surface area contributed by atoms with Gasteiger partial charge >= 0.3 is 0 Å². The van der Waals surface area contributed by atoms with Gasteiger partial charge in [0.1, 0.15) is 5.76 Å². The minimum absolute atomic E-state index is 0.00986. The highest BCUT2D eigenvalue weighted by Gasteiger charge is 2.15. The Balaban J connectivity index is 2.46. The van der Waals surface area contributed by atoms with Crippen LogP contribution in [0.5, 0.6) is 0 Å². The van der Waals surface area contributed by atoms with Crippen molar-refractivity contribution in [1.29, 1.82) is 0 Å². The average molecular weight is 373 g/mol. The third-order valence-corrected chi connectivity index (χ3v) is 3.92. The van der Waals surface area contributed by atoms with Crippen molar-refractivity contribution < 1.29 is 9.34 Å². The van der Waals surface area contributed by atoms with Crippen molar-refractivity contribution in [1.82, 2.24) is 0 Å². The standard InChI is InChI=1S/C12H7Br2NO3/c13-10-6-9(18-12(10)14)7-11(15(16)17)8-4-2-1-3-5-8/h1-7H. The summed E-state index contributed by atoms with van der Waals surface area (Å²) in [4.78, 5) is 10.6. The Bertz CT molecular complexity index is 586. The Morgan fingerprint density at radius 3 is 2.44 bits per heavy atom. The molecular formula is C12H7Br2NO3. The normalized spacial score (nSPS) is 11.6. The van der Waals surface area contributed by atoms with E-state index >= 15 is 0 Å². The molecule has 0 saturated carbocycles. The second kappa shape index (κ2) is 5.49. The summed E-state index contributed by atoms with van der Waals surface area (Å²) in [6.07, 6.45) is 1.39. The monoisotopic (exact) mass is 371 g/mol. The molecule has 0 N–H and O–H groups in total. The minimum atomic E-state index is -0.431. The Hall–Kier alpha value is -1.40. The van der Waals surface area contributed by atoms with Crippen LogP contribution >= 0.6 is 31.9 Å². The van der Waals surface area contributed by atoms with Gasteiger partial charge in [-0.25, -0.2) is 0 Å². The Labute approximate surface area is 120 Å². The largest absolute Gasteiger partial charge is 0.449 e. The molecule has 0 bridgehead atoms. The summed E-state index contributed by atoms with van der Waals surface area (Å²) < 4.78 is 6.52. The molecule has 1 aromatic heterocycles. The average Bonchev–Trinajstić information content (AvgIpc) is 2.66. The summed E-state index contributed by atoms with van der Waals surface area (Å²) in [5, 5.41) is 11.1. The maximum absolute atomic E-state index is 11.1. The highest BCUT2D eigenvalue weighted by atomic mass is 79.9. The summed E-state index contributed by atoms with van der Waals surface area (Å²) in [5.74, 6) is 0.407. The van der Waals surface area contributed by atoms with E-state index in [1.54, 1.807) is 36.4 Å². The Morgan fingerprint density at radius 2 is 1.94 bits per heavy atom. The van der Waals surface area contributed by atoms with E-state index in [1.165, 1.54) is 6.08 Å². The molecule has 4 nitrogen and oxygen atoms in total. The molecule has 1 aromatic carbocycles. The van der Waals surface area contributed by atoms with Crippen molar-refractivity contribution in [3.8, 4) is 0 Å². The molecule has 0 saturated heterocycles. The molecule has 0 aliphatic rings. The van der Waals surface area contributed by atoms with Crippen molar-refractivity contribution in [3.63, 3.8) is 0 Å². The third kappa shape index (κ3) is 2.88. The predicted molar refractivity (Wildman–Crippen MR) is 75.4 cm³/mol. The zero-order chi connectivity index (χ0) is 13.1. The number of hydrogen-bond acceptors (Lipinski definition) is 3. The zero-order valence-electron chi connectivity index (χ0n) is 8.97. The fourth-order valence-electron chi connectivity index (χ4n) is 1.42. The lowest BCUT2D eigenvalue weighted by Crippen LogP contribution is -1.97. The number of furan rings is 1. The van der Waals surface area contributed by atoms with Crippen molar-refractivity contribution in [2.45, 2.75) is 0 Å². The Morgan fingerprint density at radius 1 is 1.28 bits per heavy atom. The first-order valence-electron chi connectivity index (χ1n) is 4.94. The van der Waals surface area contributed by atoms with Gasteiger partial charge in [0.15, 0.2) is 4.67 Å². The topological polar surface area (TPSA) is 56.3 Å². The Kier molecular flexibility index (Phi) is 3.98. The van der Waals surface area contributed by atoms with Gasteiger partial charge < -0.3 is 4.42 Å². The van der Waals surface area contributed by atoms with Crippen molar-refractivity contribution in [2.75, 3.05) is 0 Å². The smallest absolute Gasteiger partial charge is 0.280 e. The second-order valence-corrected chi connectivity index (χ2v) is 5.00. The fraction of sp³-hybridized carbons (Fsp3) is 0. The zero-order valence-corrected chi connectivity index (χ0v) is 12.1. The molecule has 0 fully saturated rings. The SMILES string of the molecule is O=[N+]([O-])C(=Cc1cc(Br)c(Br)o1)c1ccccc1. The number of nitrogens with zero attached hydrogens (tertiary/aromatic N) is 1. The van der Waals surface area contributed by atoms with E-state index in [4.69, 9.17) is 4.42 Å². The lowest BCUT2D eigenvalue weighted by atomic mass is 10.1. The summed E-state index contributed by atoms with van der Waals surface area (Å²) in [6.45, 7) is 0. The van der Waals surface area contributed by atoms with E-state index in [0.29, 0.717) is 20.5 Å². The van der Waals surface area contributed by atoms with Crippen LogP contribution in [0.4, 0.5) is 0 Å². The first kappa shape index (κ1) is 13.0. The molecule has 6 heteroatoms. The molecule has 2 rings (SSSR count). The molecule has 0 radical (unpaired) electrons. The van der Waals surface area contributed by atoms with Gasteiger partial charge in [-0.05, 0) is 50.1 Å². The van der Waals surface area contributed by atoms with Crippen LogP contribution in [-0.4, -0.2) is 4.92 Å². The number of benzene rings is 1. The van der Waals surface area contributed by atoms with Gasteiger partial charge in [0.25, 0.3) is 5.70 Å². The number of hydrogen-bond donors (Lipinski definition) is 0. The van der Waals surface area contributed by atoms with Crippen LogP contribution in [0, 0.1) is 10.1 Å². The molecule has 92 valence electrons. The highest BCUT2D eigenvalue weighted by Crippen LogP contribution is 2.29. The molecule has 0 atom stereocenters. The lowest BCUT2D eigenvalue weighted by Gasteiger charge is -1.97. The molecular weight excluding hydrogens is 366 g/mol. The molecule has 0 aliphatic heterocycles. The molecule has 2 aromatic rings.